The van der Waals surface area contributed by atoms with Crippen LogP contribution in [0.5, 0.6) is 5.75 Å². The molecule has 2 heterocycles. The number of β-amino-alcohol motifs (C(OH)–C–C–N with tert-alkyl or cyclic N) is 1. The monoisotopic (exact) mass is 932 g/mol. The van der Waals surface area contributed by atoms with Crippen LogP contribution in [-0.4, -0.2) is 69.9 Å². The van der Waals surface area contributed by atoms with Crippen molar-refractivity contribution in [3.8, 4) is 5.75 Å². The van der Waals surface area contributed by atoms with Gasteiger partial charge in [0.2, 0.25) is 0 Å². The van der Waals surface area contributed by atoms with Crippen LogP contribution in [0.4, 0.5) is 5.69 Å². The molecule has 15 atom stereocenters. The van der Waals surface area contributed by atoms with Crippen LogP contribution in [-0.2, 0) is 20.9 Å². The first-order valence-corrected chi connectivity index (χ1v) is 27.2. The predicted octanol–water partition coefficient (Wildman–Crippen LogP) is 10.4. The van der Waals surface area contributed by atoms with Crippen LogP contribution in [0.25, 0.3) is 0 Å². The van der Waals surface area contributed by atoms with E-state index in [0.29, 0.717) is 62.3 Å². The van der Waals surface area contributed by atoms with Crippen molar-refractivity contribution >= 4 is 17.3 Å². The number of fused-ring (bicyclic) bond motifs is 4. The largest absolute Gasteiger partial charge is 0.508 e. The minimum atomic E-state index is -0.865. The Bertz CT molecular complexity index is 2300. The maximum Gasteiger partial charge on any atom is 0.160 e. The van der Waals surface area contributed by atoms with Gasteiger partial charge >= 0.3 is 0 Å². The molecule has 6 aliphatic carbocycles. The number of aliphatic hydroxyl groups is 2. The molecule has 0 unspecified atom stereocenters. The van der Waals surface area contributed by atoms with Gasteiger partial charge in [-0.15, -0.1) is 0 Å². The number of nitrogens with one attached hydrogen (secondary N) is 2. The summed E-state index contributed by atoms with van der Waals surface area (Å²) in [6.45, 7) is 15.0. The van der Waals surface area contributed by atoms with Gasteiger partial charge in [-0.2, -0.15) is 0 Å². The van der Waals surface area contributed by atoms with E-state index in [-0.39, 0.29) is 58.2 Å². The highest BCUT2D eigenvalue weighted by Crippen LogP contribution is 2.75. The number of benzene rings is 2. The number of Topliss-reactive ketones (excluding diaryl/α,β-unsaturated/α-hetero) is 2. The molecule has 9 heteroatoms. The van der Waals surface area contributed by atoms with Crippen LogP contribution >= 0.6 is 0 Å². The van der Waals surface area contributed by atoms with Gasteiger partial charge in [-0.1, -0.05) is 90.0 Å². The molecule has 10 rings (SSSR count). The molecular weight excluding hydrogens is 847 g/mol. The molecule has 8 aliphatic rings. The highest BCUT2D eigenvalue weighted by Gasteiger charge is 2.72. The molecule has 7 N–H and O–H groups in total. The average molecular weight is 932 g/mol. The van der Waals surface area contributed by atoms with Crippen molar-refractivity contribution in [1.82, 2.24) is 10.6 Å². The fourth-order valence-corrected chi connectivity index (χ4v) is 18.3. The molecule has 0 aromatic heterocycles. The molecule has 0 radical (unpaired) electrons. The molecular formula is C59H85N3O6. The van der Waals surface area contributed by atoms with Gasteiger partial charge in [0.1, 0.15) is 17.6 Å². The first-order valence-electron chi connectivity index (χ1n) is 27.2. The van der Waals surface area contributed by atoms with E-state index in [0.717, 1.165) is 106 Å². The number of phenolic OH excluding ortho intramolecular Hbond substituents is 1. The van der Waals surface area contributed by atoms with E-state index in [2.05, 4.69) is 69.5 Å². The number of ketones is 2. The Morgan fingerprint density at radius 1 is 0.882 bits per heavy atom. The van der Waals surface area contributed by atoms with Gasteiger partial charge in [0.25, 0.3) is 0 Å². The quantitative estimate of drug-likeness (QED) is 0.101. The smallest absolute Gasteiger partial charge is 0.160 e. The molecule has 7 fully saturated rings. The van der Waals surface area contributed by atoms with Crippen LogP contribution in [0, 0.1) is 51.2 Å². The molecule has 9 nitrogen and oxygen atoms in total. The van der Waals surface area contributed by atoms with E-state index in [4.69, 9.17) is 10.5 Å². The molecule has 2 aliphatic heterocycles. The van der Waals surface area contributed by atoms with Crippen molar-refractivity contribution in [3.05, 3.63) is 70.3 Å². The number of allylic oxidation sites excluding steroid dienone is 2. The number of phenols is 1. The zero-order valence-corrected chi connectivity index (χ0v) is 42.6. The highest BCUT2D eigenvalue weighted by atomic mass is 16.6. The Hall–Kier alpha value is -3.08. The molecule has 372 valence electrons. The molecule has 68 heavy (non-hydrogen) atoms. The first kappa shape index (κ1) is 48.5. The zero-order valence-electron chi connectivity index (χ0n) is 42.6. The van der Waals surface area contributed by atoms with E-state index in [1.165, 1.54) is 17.6 Å². The summed E-state index contributed by atoms with van der Waals surface area (Å²) in [6, 6.07) is 14.1. The lowest BCUT2D eigenvalue weighted by molar-refractivity contribution is -0.198. The second kappa shape index (κ2) is 17.6. The number of ether oxygens (including phenoxy) is 1. The van der Waals surface area contributed by atoms with Crippen LogP contribution in [0.1, 0.15) is 186 Å². The number of carbonyl (C=O) groups excluding carboxylic acids is 2. The molecule has 0 spiro atoms. The number of anilines is 1. The third kappa shape index (κ3) is 7.88. The molecule has 5 saturated carbocycles. The molecule has 0 bridgehead atoms. The van der Waals surface area contributed by atoms with Gasteiger partial charge < -0.3 is 36.4 Å². The first-order chi connectivity index (χ1) is 32.3. The summed E-state index contributed by atoms with van der Waals surface area (Å²) >= 11 is 0. The summed E-state index contributed by atoms with van der Waals surface area (Å²) in [5.74, 6) is 1.71. The Labute approximate surface area is 407 Å². The molecule has 2 saturated heterocycles. The van der Waals surface area contributed by atoms with Crippen LogP contribution < -0.4 is 16.4 Å². The van der Waals surface area contributed by atoms with E-state index in [9.17, 15) is 15.3 Å². The van der Waals surface area contributed by atoms with Crippen LogP contribution in [0.2, 0.25) is 0 Å². The number of epoxide rings is 1. The zero-order chi connectivity index (χ0) is 48.2. The van der Waals surface area contributed by atoms with Gasteiger partial charge in [0.05, 0.1) is 17.3 Å². The van der Waals surface area contributed by atoms with Crippen molar-refractivity contribution in [1.29, 1.82) is 0 Å². The Morgan fingerprint density at radius 3 is 2.40 bits per heavy atom. The average Bonchev–Trinajstić information content (AvgIpc) is 3.59. The molecule has 2 aromatic rings. The second-order valence-electron chi connectivity index (χ2n) is 25.6. The normalized spacial score (nSPS) is 42.8. The molecule has 0 amide bonds. The third-order valence-corrected chi connectivity index (χ3v) is 21.4. The number of hydrogen-bond donors (Lipinski definition) is 6. The number of nitrogen functional groups attached to an aromatic ring is 1. The lowest BCUT2D eigenvalue weighted by atomic mass is 9.34. The fourth-order valence-electron chi connectivity index (χ4n) is 18.3. The number of carbonyl (C=O) groups is 2. The van der Waals surface area contributed by atoms with Crippen molar-refractivity contribution < 1.29 is 29.6 Å². The standard InChI is InChI=1S/C59H85N3O6/c1-54(67)23-11-12-24-55(2)51-46(62-34-54)31-58(5)49(56(51,3)30-43(52(55)66)38-25-35(33-61-7)26-40(63)28-38)22-21-45-50(48(65)32-57(45,58)4)42(36-15-9-8-10-16-36)29-47(64)53-59(6,68-53)44-20-14-19-41(44)37-17-13-18-39(60)27-37/h13,17-18,25-28,36,41-44,46-47,49,51,53,61-64,67H,8-12,14-16,19-24,29-34,60H2,1-7H3/t41-,42-,43-,44+,46-,47+,49+,51-,53+,54+,55+,56-,57-,58-,59+/m0/s1. The fraction of sp³-hybridized carbons (Fsp3) is 0.729. The van der Waals surface area contributed by atoms with E-state index < -0.39 is 28.1 Å². The summed E-state index contributed by atoms with van der Waals surface area (Å²) in [7, 11) is 1.91. The highest BCUT2D eigenvalue weighted by molar-refractivity contribution is 6.01. The van der Waals surface area contributed by atoms with Crippen LogP contribution in [0.15, 0.2) is 53.6 Å². The van der Waals surface area contributed by atoms with E-state index in [1.807, 2.05) is 26.1 Å². The number of aromatic hydroxyl groups is 1. The summed E-state index contributed by atoms with van der Waals surface area (Å²) in [5, 5.41) is 42.6. The number of aliphatic hydroxyl groups excluding tert-OH is 1. The van der Waals surface area contributed by atoms with Gasteiger partial charge in [0, 0.05) is 48.0 Å². The minimum Gasteiger partial charge on any atom is -0.508 e. The molecule has 2 aromatic carbocycles. The van der Waals surface area contributed by atoms with Gasteiger partial charge in [0.15, 0.2) is 5.78 Å². The number of hydrogen-bond acceptors (Lipinski definition) is 9. The van der Waals surface area contributed by atoms with Gasteiger partial charge in [-0.25, -0.2) is 0 Å². The SMILES string of the molecule is CNCc1cc(O)cc([C@@H]2C[C@]3(C)[C@H]4[C@H](C[C@@]5(C)[C@@H]3CCC3=C([C@@H](C[C@@H](O)[C@H]6O[C@]6(C)[C@@H]6CCC[C@H]6c6cccc(N)c6)C6CCCCC6)C(=O)C[C@@]35C)NC[C@](C)(O)CCCC[C@@]4(C)C2=O)c1. The van der Waals surface area contributed by atoms with Crippen molar-refractivity contribution in [2.45, 2.75) is 205 Å². The minimum absolute atomic E-state index is 0.0112. The van der Waals surface area contributed by atoms with Crippen molar-refractivity contribution in [2.75, 3.05) is 19.3 Å². The topological polar surface area (TPSA) is 157 Å². The van der Waals surface area contributed by atoms with E-state index >= 15 is 9.59 Å². The Balaban J connectivity index is 1.02. The number of rotatable bonds is 10. The van der Waals surface area contributed by atoms with Crippen LogP contribution in [0.3, 0.4) is 0 Å². The third-order valence-electron chi connectivity index (χ3n) is 21.4. The Morgan fingerprint density at radius 2 is 1.65 bits per heavy atom. The van der Waals surface area contributed by atoms with Crippen molar-refractivity contribution in [2.24, 2.45) is 51.2 Å². The summed E-state index contributed by atoms with van der Waals surface area (Å²) in [6.07, 6.45) is 15.7. The maximum absolute atomic E-state index is 15.5. The summed E-state index contributed by atoms with van der Waals surface area (Å²) in [5.41, 5.74) is 9.77. The lowest BCUT2D eigenvalue weighted by Gasteiger charge is -2.71. The second-order valence-corrected chi connectivity index (χ2v) is 25.6. The maximum atomic E-state index is 15.5. The predicted molar refractivity (Wildman–Crippen MR) is 269 cm³/mol. The van der Waals surface area contributed by atoms with Crippen molar-refractivity contribution in [3.63, 3.8) is 0 Å². The summed E-state index contributed by atoms with van der Waals surface area (Å²) in [4.78, 5) is 30.9. The van der Waals surface area contributed by atoms with E-state index in [1.54, 1.807) is 6.07 Å². The Kier molecular flexibility index (Phi) is 12.6. The summed E-state index contributed by atoms with van der Waals surface area (Å²) < 4.78 is 6.71. The lowest BCUT2D eigenvalue weighted by Crippen LogP contribution is -2.70. The van der Waals surface area contributed by atoms with Gasteiger partial charge in [-0.3, -0.25) is 9.59 Å². The number of nitrogens with two attached hydrogens (primary N) is 1. The van der Waals surface area contributed by atoms with Gasteiger partial charge in [-0.05, 0) is 184 Å².